The number of ketones is 2. The molecule has 4 rings (SSSR count). The van der Waals surface area contributed by atoms with Crippen molar-refractivity contribution in [3.8, 4) is 0 Å². The predicted octanol–water partition coefficient (Wildman–Crippen LogP) is 3.29. The fourth-order valence-electron chi connectivity index (χ4n) is 6.31. The molecule has 23 heavy (non-hydrogen) atoms. The maximum Gasteiger partial charge on any atom is 0.140 e. The van der Waals surface area contributed by atoms with E-state index in [4.69, 9.17) is 0 Å². The van der Waals surface area contributed by atoms with Crippen LogP contribution in [-0.4, -0.2) is 28.1 Å². The highest BCUT2D eigenvalue weighted by atomic mass is 79.9. The van der Waals surface area contributed by atoms with E-state index in [1.165, 1.54) is 0 Å². The molecule has 4 heteroatoms. The summed E-state index contributed by atoms with van der Waals surface area (Å²) in [4.78, 5) is 25.6. The number of rotatable bonds is 1. The topological polar surface area (TPSA) is 54.4 Å². The van der Waals surface area contributed by atoms with Crippen molar-refractivity contribution in [2.75, 3.05) is 5.33 Å². The van der Waals surface area contributed by atoms with Crippen LogP contribution >= 0.6 is 15.9 Å². The van der Waals surface area contributed by atoms with Gasteiger partial charge in [-0.3, -0.25) is 9.59 Å². The summed E-state index contributed by atoms with van der Waals surface area (Å²) in [7, 11) is 0. The molecule has 0 aliphatic heterocycles. The van der Waals surface area contributed by atoms with Gasteiger partial charge < -0.3 is 5.11 Å². The van der Waals surface area contributed by atoms with E-state index in [2.05, 4.69) is 28.9 Å². The Hall–Kier alpha value is -0.480. The minimum Gasteiger partial charge on any atom is -0.389 e. The van der Waals surface area contributed by atoms with Crippen LogP contribution in [0.3, 0.4) is 0 Å². The highest BCUT2D eigenvalue weighted by molar-refractivity contribution is 9.09. The molecule has 0 amide bonds. The first-order chi connectivity index (χ1) is 10.9. The lowest BCUT2D eigenvalue weighted by molar-refractivity contribution is -0.150. The Kier molecular flexibility index (Phi) is 3.66. The highest BCUT2D eigenvalue weighted by Crippen LogP contribution is 2.63. The van der Waals surface area contributed by atoms with Crippen LogP contribution in [0.4, 0.5) is 0 Å². The number of aliphatic hydroxyl groups excluding tert-OH is 1. The normalized spacial score (nSPS) is 52.0. The van der Waals surface area contributed by atoms with Crippen LogP contribution < -0.4 is 0 Å². The van der Waals surface area contributed by atoms with Crippen molar-refractivity contribution in [3.63, 3.8) is 0 Å². The van der Waals surface area contributed by atoms with Crippen molar-refractivity contribution in [1.29, 1.82) is 0 Å². The minimum atomic E-state index is -0.407. The SMILES string of the molecule is C[C@]12C=C[C@@H](O)CC1CC(=O)[C@H]1[C@@H]3CCC(=O)[C@@]3(CBr)CC[C@@H]12. The van der Waals surface area contributed by atoms with Gasteiger partial charge in [0, 0.05) is 29.5 Å². The van der Waals surface area contributed by atoms with Crippen LogP contribution in [0, 0.1) is 34.5 Å². The Balaban J connectivity index is 1.75. The zero-order chi connectivity index (χ0) is 16.4. The predicted molar refractivity (Wildman–Crippen MR) is 91.2 cm³/mol. The molecular formula is C19H25BrO3. The van der Waals surface area contributed by atoms with Gasteiger partial charge in [0.05, 0.1) is 6.10 Å². The lowest BCUT2D eigenvalue weighted by Crippen LogP contribution is -2.57. The van der Waals surface area contributed by atoms with E-state index >= 15 is 0 Å². The number of carbonyl (C=O) groups is 2. The standard InChI is InChI=1S/C19H25BrO3/c1-18-6-4-12(21)8-11(18)9-15(22)17-13(18)5-7-19(10-20)14(17)2-3-16(19)23/h4,6,11-14,17,21H,2-3,5,7-10H2,1H3/t11?,12-,13+,14+,17-,18+,19-/m1/s1. The molecule has 1 unspecified atom stereocenters. The van der Waals surface area contributed by atoms with Gasteiger partial charge in [-0.25, -0.2) is 0 Å². The summed E-state index contributed by atoms with van der Waals surface area (Å²) < 4.78 is 0. The first kappa shape index (κ1) is 16.0. The smallest absolute Gasteiger partial charge is 0.140 e. The van der Waals surface area contributed by atoms with Crippen molar-refractivity contribution in [2.45, 2.75) is 51.6 Å². The summed E-state index contributed by atoms with van der Waals surface area (Å²) in [6.45, 7) is 2.28. The number of hydrogen-bond donors (Lipinski definition) is 1. The molecule has 4 aliphatic rings. The minimum absolute atomic E-state index is 0.00190. The number of halogens is 1. The van der Waals surface area contributed by atoms with Gasteiger partial charge in [-0.15, -0.1) is 0 Å². The molecule has 3 saturated carbocycles. The van der Waals surface area contributed by atoms with Gasteiger partial charge in [0.25, 0.3) is 0 Å². The Labute approximate surface area is 146 Å². The number of aliphatic hydroxyl groups is 1. The van der Waals surface area contributed by atoms with E-state index in [0.717, 1.165) is 19.3 Å². The molecule has 0 radical (unpaired) electrons. The van der Waals surface area contributed by atoms with E-state index in [1.807, 2.05) is 6.08 Å². The van der Waals surface area contributed by atoms with E-state index < -0.39 is 6.10 Å². The number of carbonyl (C=O) groups excluding carboxylic acids is 2. The van der Waals surface area contributed by atoms with Crippen molar-refractivity contribution in [2.24, 2.45) is 34.5 Å². The molecule has 0 heterocycles. The molecule has 0 spiro atoms. The van der Waals surface area contributed by atoms with Gasteiger partial charge in [0.2, 0.25) is 0 Å². The Morgan fingerprint density at radius 3 is 2.83 bits per heavy atom. The van der Waals surface area contributed by atoms with Crippen molar-refractivity contribution in [3.05, 3.63) is 12.2 Å². The molecule has 0 aromatic heterocycles. The van der Waals surface area contributed by atoms with E-state index in [-0.39, 0.29) is 28.6 Å². The third-order valence-electron chi connectivity index (χ3n) is 7.66. The number of hydrogen-bond acceptors (Lipinski definition) is 3. The molecular weight excluding hydrogens is 356 g/mol. The summed E-state index contributed by atoms with van der Waals surface area (Å²) in [6.07, 6.45) is 8.37. The van der Waals surface area contributed by atoms with E-state index in [0.29, 0.717) is 42.1 Å². The van der Waals surface area contributed by atoms with Gasteiger partial charge in [-0.2, -0.15) is 0 Å². The molecule has 0 saturated heterocycles. The molecule has 0 bridgehead atoms. The first-order valence-electron chi connectivity index (χ1n) is 8.92. The fourth-order valence-corrected chi connectivity index (χ4v) is 7.32. The number of fused-ring (bicyclic) bond motifs is 5. The van der Waals surface area contributed by atoms with Gasteiger partial charge in [0.1, 0.15) is 11.6 Å². The van der Waals surface area contributed by atoms with E-state index in [1.54, 1.807) is 0 Å². The van der Waals surface area contributed by atoms with Crippen molar-refractivity contribution in [1.82, 2.24) is 0 Å². The lowest BCUT2D eigenvalue weighted by atomic mass is 9.46. The third kappa shape index (κ3) is 2.03. The molecule has 0 aromatic carbocycles. The quantitative estimate of drug-likeness (QED) is 0.560. The van der Waals surface area contributed by atoms with Gasteiger partial charge in [0.15, 0.2) is 0 Å². The average molecular weight is 381 g/mol. The molecule has 3 nitrogen and oxygen atoms in total. The maximum absolute atomic E-state index is 13.0. The summed E-state index contributed by atoms with van der Waals surface area (Å²) in [5.74, 6) is 1.56. The van der Waals surface area contributed by atoms with Crippen LogP contribution in [0.15, 0.2) is 12.2 Å². The first-order valence-corrected chi connectivity index (χ1v) is 10.0. The Morgan fingerprint density at radius 2 is 2.09 bits per heavy atom. The largest absolute Gasteiger partial charge is 0.389 e. The van der Waals surface area contributed by atoms with Gasteiger partial charge in [-0.1, -0.05) is 35.0 Å². The Morgan fingerprint density at radius 1 is 1.30 bits per heavy atom. The molecule has 4 aliphatic carbocycles. The monoisotopic (exact) mass is 380 g/mol. The van der Waals surface area contributed by atoms with Crippen LogP contribution in [0.1, 0.15) is 45.4 Å². The zero-order valence-corrected chi connectivity index (χ0v) is 15.2. The second-order valence-electron chi connectivity index (χ2n) is 8.42. The van der Waals surface area contributed by atoms with Crippen LogP contribution in [-0.2, 0) is 9.59 Å². The Bertz CT molecular complexity index is 585. The average Bonchev–Trinajstić information content (AvgIpc) is 2.87. The molecule has 0 aromatic rings. The summed E-state index contributed by atoms with van der Waals surface area (Å²) in [6, 6.07) is 0. The summed E-state index contributed by atoms with van der Waals surface area (Å²) >= 11 is 3.60. The van der Waals surface area contributed by atoms with Crippen molar-refractivity contribution < 1.29 is 14.7 Å². The molecule has 3 fully saturated rings. The third-order valence-corrected chi connectivity index (χ3v) is 8.66. The summed E-state index contributed by atoms with van der Waals surface area (Å²) in [5, 5.41) is 10.7. The van der Waals surface area contributed by atoms with Crippen LogP contribution in [0.2, 0.25) is 0 Å². The van der Waals surface area contributed by atoms with Crippen LogP contribution in [0.25, 0.3) is 0 Å². The number of allylic oxidation sites excluding steroid dienone is 1. The molecule has 126 valence electrons. The fraction of sp³-hybridized carbons (Fsp3) is 0.789. The highest BCUT2D eigenvalue weighted by Gasteiger charge is 2.63. The van der Waals surface area contributed by atoms with E-state index in [9.17, 15) is 14.7 Å². The summed E-state index contributed by atoms with van der Waals surface area (Å²) in [5.41, 5.74) is -0.292. The maximum atomic E-state index is 13.0. The number of alkyl halides is 1. The zero-order valence-electron chi connectivity index (χ0n) is 13.6. The van der Waals surface area contributed by atoms with Gasteiger partial charge in [-0.05, 0) is 48.9 Å². The van der Waals surface area contributed by atoms with Crippen molar-refractivity contribution >= 4 is 27.5 Å². The second-order valence-corrected chi connectivity index (χ2v) is 8.99. The number of Topliss-reactive ketones (excluding diaryl/α,β-unsaturated/α-hetero) is 2. The van der Waals surface area contributed by atoms with Gasteiger partial charge >= 0.3 is 0 Å². The molecule has 7 atom stereocenters. The second kappa shape index (κ2) is 5.26. The van der Waals surface area contributed by atoms with Crippen LogP contribution in [0.5, 0.6) is 0 Å². The lowest BCUT2D eigenvalue weighted by Gasteiger charge is -2.57. The molecule has 1 N–H and O–H groups in total.